The van der Waals surface area contributed by atoms with Crippen molar-refractivity contribution in [1.29, 1.82) is 0 Å². The minimum Gasteiger partial charge on any atom is -0.434 e. The van der Waals surface area contributed by atoms with E-state index in [9.17, 15) is 27.2 Å². The van der Waals surface area contributed by atoms with Gasteiger partial charge in [0.1, 0.15) is 23.6 Å². The molecule has 194 valence electrons. The van der Waals surface area contributed by atoms with Gasteiger partial charge in [0.05, 0.1) is 11.9 Å². The van der Waals surface area contributed by atoms with Crippen molar-refractivity contribution in [3.63, 3.8) is 0 Å². The summed E-state index contributed by atoms with van der Waals surface area (Å²) in [6, 6.07) is 5.23. The number of nitrogens with one attached hydrogen (secondary N) is 1. The van der Waals surface area contributed by atoms with Crippen molar-refractivity contribution in [3.8, 4) is 17.0 Å². The molecular formula is C23H21F4N7O3. The summed E-state index contributed by atoms with van der Waals surface area (Å²) in [5.74, 6) is -1.33. The van der Waals surface area contributed by atoms with Crippen LogP contribution in [0.5, 0.6) is 5.75 Å². The van der Waals surface area contributed by atoms with Crippen LogP contribution in [0, 0.1) is 0 Å². The smallest absolute Gasteiger partial charge is 0.387 e. The summed E-state index contributed by atoms with van der Waals surface area (Å²) < 4.78 is 59.5. The highest BCUT2D eigenvalue weighted by Gasteiger charge is 2.23. The highest BCUT2D eigenvalue weighted by Crippen LogP contribution is 2.36. The number of alkyl halides is 4. The average Bonchev–Trinajstić information content (AvgIpc) is 3.43. The lowest BCUT2D eigenvalue weighted by atomic mass is 10.0. The second-order valence-corrected chi connectivity index (χ2v) is 8.08. The number of amides is 2. The summed E-state index contributed by atoms with van der Waals surface area (Å²) in [5, 5.41) is 11.0. The number of hydrogen-bond acceptors (Lipinski definition) is 6. The first-order valence-corrected chi connectivity index (χ1v) is 10.9. The van der Waals surface area contributed by atoms with Crippen LogP contribution in [0.4, 0.5) is 23.2 Å². The first kappa shape index (κ1) is 25.6. The monoisotopic (exact) mass is 519 g/mol. The van der Waals surface area contributed by atoms with Gasteiger partial charge in [0.15, 0.2) is 5.65 Å². The lowest BCUT2D eigenvalue weighted by molar-refractivity contribution is -0.129. The zero-order valence-electron chi connectivity index (χ0n) is 19.6. The number of carbonyl (C=O) groups is 2. The van der Waals surface area contributed by atoms with Crippen LogP contribution in [0.15, 0.2) is 49.1 Å². The van der Waals surface area contributed by atoms with Crippen LogP contribution in [0.2, 0.25) is 0 Å². The predicted molar refractivity (Wildman–Crippen MR) is 124 cm³/mol. The van der Waals surface area contributed by atoms with Gasteiger partial charge in [0, 0.05) is 44.7 Å². The van der Waals surface area contributed by atoms with Crippen LogP contribution in [0.1, 0.15) is 15.9 Å². The van der Waals surface area contributed by atoms with Gasteiger partial charge in [-0.3, -0.25) is 14.3 Å². The van der Waals surface area contributed by atoms with Gasteiger partial charge in [0.25, 0.3) is 5.91 Å². The fourth-order valence-corrected chi connectivity index (χ4v) is 3.52. The zero-order valence-corrected chi connectivity index (χ0v) is 19.6. The number of ether oxygens (including phenoxy) is 1. The van der Waals surface area contributed by atoms with E-state index >= 15 is 0 Å². The van der Waals surface area contributed by atoms with Crippen LogP contribution < -0.4 is 10.1 Å². The second-order valence-electron chi connectivity index (χ2n) is 8.08. The van der Waals surface area contributed by atoms with Crippen LogP contribution in [0.3, 0.4) is 0 Å². The SMILES string of the molecule is CN(C)C(=O)Cn1cc(NC(=O)c2cnn3cccnc23)c(-c2cc(CC(F)F)ccc2OC(F)F)n1. The summed E-state index contributed by atoms with van der Waals surface area (Å²) in [6.45, 7) is -3.45. The number of fused-ring (bicyclic) bond motifs is 1. The van der Waals surface area contributed by atoms with Crippen molar-refractivity contribution < 1.29 is 31.9 Å². The van der Waals surface area contributed by atoms with E-state index in [-0.39, 0.29) is 51.9 Å². The molecule has 10 nitrogen and oxygen atoms in total. The molecule has 0 fully saturated rings. The number of rotatable bonds is 9. The topological polar surface area (TPSA) is 107 Å². The number of nitrogens with zero attached hydrogens (tertiary/aromatic N) is 6. The van der Waals surface area contributed by atoms with E-state index in [2.05, 4.69) is 25.2 Å². The highest BCUT2D eigenvalue weighted by atomic mass is 19.3. The van der Waals surface area contributed by atoms with Gasteiger partial charge in [-0.15, -0.1) is 0 Å². The molecule has 0 spiro atoms. The molecule has 37 heavy (non-hydrogen) atoms. The van der Waals surface area contributed by atoms with Crippen molar-refractivity contribution in [1.82, 2.24) is 29.3 Å². The molecule has 1 N–H and O–H groups in total. The molecule has 14 heteroatoms. The van der Waals surface area contributed by atoms with E-state index in [1.807, 2.05) is 0 Å². The Morgan fingerprint density at radius 3 is 2.68 bits per heavy atom. The summed E-state index contributed by atoms with van der Waals surface area (Å²) in [7, 11) is 3.08. The van der Waals surface area contributed by atoms with Crippen molar-refractivity contribution >= 4 is 23.1 Å². The molecule has 3 heterocycles. The van der Waals surface area contributed by atoms with Gasteiger partial charge in [-0.2, -0.15) is 19.0 Å². The lowest BCUT2D eigenvalue weighted by Crippen LogP contribution is -2.26. The van der Waals surface area contributed by atoms with Crippen molar-refractivity contribution in [2.75, 3.05) is 19.4 Å². The number of halogens is 4. The largest absolute Gasteiger partial charge is 0.434 e. The molecule has 0 bridgehead atoms. The molecule has 0 saturated heterocycles. The number of likely N-dealkylation sites (N-methyl/N-ethyl adjacent to an activating group) is 1. The normalized spacial score (nSPS) is 11.4. The first-order valence-electron chi connectivity index (χ1n) is 10.9. The fourth-order valence-electron chi connectivity index (χ4n) is 3.52. The zero-order chi connectivity index (χ0) is 26.7. The number of benzene rings is 1. The van der Waals surface area contributed by atoms with E-state index in [0.717, 1.165) is 6.07 Å². The maximum absolute atomic E-state index is 13.1. The summed E-state index contributed by atoms with van der Waals surface area (Å²) >= 11 is 0. The Balaban J connectivity index is 1.79. The minimum atomic E-state index is -3.21. The minimum absolute atomic E-state index is 0.0279. The Morgan fingerprint density at radius 1 is 1.19 bits per heavy atom. The van der Waals surface area contributed by atoms with Gasteiger partial charge in [-0.1, -0.05) is 6.07 Å². The Labute approximate surface area is 207 Å². The van der Waals surface area contributed by atoms with Crippen LogP contribution in [-0.4, -0.2) is 68.2 Å². The first-order chi connectivity index (χ1) is 17.6. The number of anilines is 1. The third kappa shape index (κ3) is 5.85. The highest BCUT2D eigenvalue weighted by molar-refractivity contribution is 6.09. The molecule has 0 radical (unpaired) electrons. The number of carbonyl (C=O) groups excluding carboxylic acids is 2. The molecule has 2 amide bonds. The standard InChI is InChI=1S/C23H21F4N7O3/c1-32(2)19(35)12-33-11-16(30-22(36)15-10-29-34-7-3-6-28-21(15)34)20(31-33)14-8-13(9-18(24)25)4-5-17(14)37-23(26)27/h3-8,10-11,18,23H,9,12H2,1-2H3,(H,30,36). The molecule has 0 aliphatic rings. The van der Waals surface area contributed by atoms with Gasteiger partial charge in [0.2, 0.25) is 12.3 Å². The Hall–Kier alpha value is -4.49. The molecule has 0 aliphatic heterocycles. The van der Waals surface area contributed by atoms with Crippen LogP contribution >= 0.6 is 0 Å². The third-order valence-electron chi connectivity index (χ3n) is 5.24. The number of hydrogen-bond donors (Lipinski definition) is 1. The molecular weight excluding hydrogens is 498 g/mol. The molecule has 0 unspecified atom stereocenters. The van der Waals surface area contributed by atoms with Gasteiger partial charge < -0.3 is 15.0 Å². The molecule has 4 rings (SSSR count). The molecule has 0 saturated carbocycles. The van der Waals surface area contributed by atoms with Crippen molar-refractivity contribution in [2.45, 2.75) is 26.0 Å². The average molecular weight is 519 g/mol. The maximum Gasteiger partial charge on any atom is 0.387 e. The van der Waals surface area contributed by atoms with Crippen molar-refractivity contribution in [2.24, 2.45) is 0 Å². The van der Waals surface area contributed by atoms with E-state index < -0.39 is 25.4 Å². The van der Waals surface area contributed by atoms with Crippen LogP contribution in [0.25, 0.3) is 16.9 Å². The maximum atomic E-state index is 13.1. The quantitative estimate of drug-likeness (QED) is 0.340. The summed E-state index contributed by atoms with van der Waals surface area (Å²) in [5.41, 5.74) is 0.408. The third-order valence-corrected chi connectivity index (χ3v) is 5.24. The summed E-state index contributed by atoms with van der Waals surface area (Å²) in [6.07, 6.45) is 2.38. The molecule has 3 aromatic heterocycles. The lowest BCUT2D eigenvalue weighted by Gasteiger charge is -2.13. The van der Waals surface area contributed by atoms with Crippen molar-refractivity contribution in [3.05, 3.63) is 60.2 Å². The molecule has 0 atom stereocenters. The predicted octanol–water partition coefficient (Wildman–Crippen LogP) is 3.34. The van der Waals surface area contributed by atoms with Gasteiger partial charge in [-0.25, -0.2) is 18.3 Å². The fraction of sp³-hybridized carbons (Fsp3) is 0.261. The van der Waals surface area contributed by atoms with E-state index in [4.69, 9.17) is 0 Å². The second kappa shape index (κ2) is 10.6. The van der Waals surface area contributed by atoms with Gasteiger partial charge >= 0.3 is 6.61 Å². The Morgan fingerprint density at radius 2 is 1.97 bits per heavy atom. The van der Waals surface area contributed by atoms with E-state index in [1.165, 1.54) is 58.9 Å². The van der Waals surface area contributed by atoms with E-state index in [1.54, 1.807) is 12.3 Å². The molecule has 1 aromatic carbocycles. The Kier molecular flexibility index (Phi) is 7.36. The summed E-state index contributed by atoms with van der Waals surface area (Å²) in [4.78, 5) is 30.8. The molecule has 0 aliphatic carbocycles. The van der Waals surface area contributed by atoms with E-state index in [0.29, 0.717) is 0 Å². The number of aromatic nitrogens is 5. The van der Waals surface area contributed by atoms with Crippen LogP contribution in [-0.2, 0) is 17.8 Å². The Bertz CT molecular complexity index is 1430. The molecule has 4 aromatic rings. The van der Waals surface area contributed by atoms with Gasteiger partial charge in [-0.05, 0) is 23.8 Å².